The van der Waals surface area contributed by atoms with E-state index in [0.29, 0.717) is 58.9 Å². The summed E-state index contributed by atoms with van der Waals surface area (Å²) in [6.07, 6.45) is 8.21. The van der Waals surface area contributed by atoms with Crippen LogP contribution >= 0.6 is 23.2 Å². The highest BCUT2D eigenvalue weighted by atomic mass is 35.5. The van der Waals surface area contributed by atoms with E-state index in [-0.39, 0.29) is 12.2 Å². The molecule has 2 saturated heterocycles. The molecule has 4 aromatic rings. The molecule has 3 aromatic heterocycles. The lowest BCUT2D eigenvalue weighted by atomic mass is 10.1. The van der Waals surface area contributed by atoms with E-state index in [1.165, 1.54) is 18.5 Å². The number of benzene rings is 1. The molecule has 1 unspecified atom stereocenters. The summed E-state index contributed by atoms with van der Waals surface area (Å²) < 4.78 is 35.0. The maximum atomic E-state index is 15.8. The predicted molar refractivity (Wildman–Crippen MR) is 183 cm³/mol. The van der Waals surface area contributed by atoms with Gasteiger partial charge in [-0.2, -0.15) is 5.10 Å². The maximum absolute atomic E-state index is 15.8. The molecule has 2 fully saturated rings. The van der Waals surface area contributed by atoms with Gasteiger partial charge in [-0.1, -0.05) is 23.2 Å². The number of aromatic nitrogens is 4. The largest absolute Gasteiger partial charge is 0.486 e. The number of hydrogen-bond acceptors (Lipinski definition) is 9. The molecule has 0 amide bonds. The molecule has 2 atom stereocenters. The van der Waals surface area contributed by atoms with Crippen LogP contribution in [0.1, 0.15) is 68.0 Å². The Morgan fingerprint density at radius 2 is 1.85 bits per heavy atom. The van der Waals surface area contributed by atoms with Crippen molar-refractivity contribution in [2.75, 3.05) is 45.9 Å². The molecular weight excluding hydrogens is 658 g/mol. The monoisotopic (exact) mass is 696 g/mol. The minimum absolute atomic E-state index is 0.194. The molecule has 1 aromatic carbocycles. The van der Waals surface area contributed by atoms with Crippen LogP contribution in [-0.2, 0) is 20.8 Å². The van der Waals surface area contributed by atoms with E-state index in [1.807, 2.05) is 42.8 Å². The normalized spacial score (nSPS) is 18.6. The third-order valence-electron chi connectivity index (χ3n) is 8.62. The molecule has 0 aliphatic carbocycles. The van der Waals surface area contributed by atoms with Crippen LogP contribution in [0.5, 0.6) is 5.75 Å². The molecule has 48 heavy (non-hydrogen) atoms. The Hall–Kier alpha value is -3.61. The molecule has 6 rings (SSSR count). The molecule has 2 aliphatic rings. The number of pyridine rings is 2. The first kappa shape index (κ1) is 34.3. The minimum Gasteiger partial charge on any atom is -0.486 e. The van der Waals surface area contributed by atoms with Gasteiger partial charge in [0.25, 0.3) is 0 Å². The molecule has 0 bridgehead atoms. The molecule has 0 saturated carbocycles. The summed E-state index contributed by atoms with van der Waals surface area (Å²) in [5.74, 6) is -0.0841. The van der Waals surface area contributed by atoms with Gasteiger partial charge in [0.05, 0.1) is 40.1 Å². The number of halogens is 3. The third kappa shape index (κ3) is 8.15. The van der Waals surface area contributed by atoms with Crippen molar-refractivity contribution >= 4 is 52.0 Å². The van der Waals surface area contributed by atoms with Crippen molar-refractivity contribution in [2.45, 2.75) is 52.0 Å². The lowest BCUT2D eigenvalue weighted by Gasteiger charge is -2.33. The standard InChI is InChI=1S/C35H39Cl2FN6O4/c1-3-46-34(45)22-43-13-11-42(12-14-43)21-25-8-7-24(18-40-25)30(38)17-31-27-16-26(48-23(2)35-28(36)19-39-20-29(35)37)9-10-32(27)44(41-31)33-6-4-5-15-47-33/h7-10,16-20,23,33H,3-6,11-15,21-22H2,1-2H3/b30-17-/t23-,33?/m1/s1. The first-order chi connectivity index (χ1) is 23.3. The lowest BCUT2D eigenvalue weighted by Crippen LogP contribution is -2.47. The molecule has 10 nitrogen and oxygen atoms in total. The minimum atomic E-state index is -0.462. The van der Waals surface area contributed by atoms with Crippen molar-refractivity contribution in [3.63, 3.8) is 0 Å². The summed E-state index contributed by atoms with van der Waals surface area (Å²) >= 11 is 12.8. The van der Waals surface area contributed by atoms with Gasteiger partial charge < -0.3 is 14.2 Å². The SMILES string of the molecule is CCOC(=O)CN1CCN(Cc2ccc(/C(F)=C/c3nn(C4CCCCO4)c4ccc(O[C@H](C)c5c(Cl)cncc5Cl)cc34)cn2)CC1. The zero-order valence-electron chi connectivity index (χ0n) is 27.1. The van der Waals surface area contributed by atoms with E-state index in [2.05, 4.69) is 19.8 Å². The number of ether oxygens (including phenoxy) is 3. The quantitative estimate of drug-likeness (QED) is 0.152. The highest BCUT2D eigenvalue weighted by Gasteiger charge is 2.23. The second kappa shape index (κ2) is 15.7. The Kier molecular flexibility index (Phi) is 11.2. The van der Waals surface area contributed by atoms with Crippen LogP contribution in [0, 0.1) is 0 Å². The summed E-state index contributed by atoms with van der Waals surface area (Å²) in [7, 11) is 0. The molecule has 2 aliphatic heterocycles. The number of nitrogens with zero attached hydrogens (tertiary/aromatic N) is 6. The van der Waals surface area contributed by atoms with Crippen molar-refractivity contribution in [1.82, 2.24) is 29.5 Å². The second-order valence-corrected chi connectivity index (χ2v) is 12.8. The van der Waals surface area contributed by atoms with Gasteiger partial charge in [-0.25, -0.2) is 9.07 Å². The second-order valence-electron chi connectivity index (χ2n) is 12.0. The Balaban J connectivity index is 1.19. The molecule has 0 spiro atoms. The molecule has 254 valence electrons. The fourth-order valence-electron chi connectivity index (χ4n) is 6.12. The van der Waals surface area contributed by atoms with E-state index in [1.54, 1.807) is 12.3 Å². The number of esters is 1. The van der Waals surface area contributed by atoms with Gasteiger partial charge in [0, 0.05) is 80.5 Å². The zero-order valence-corrected chi connectivity index (χ0v) is 28.6. The van der Waals surface area contributed by atoms with Gasteiger partial charge in [0.1, 0.15) is 17.7 Å². The van der Waals surface area contributed by atoms with Crippen molar-refractivity contribution < 1.29 is 23.4 Å². The van der Waals surface area contributed by atoms with Gasteiger partial charge in [0.15, 0.2) is 6.23 Å². The van der Waals surface area contributed by atoms with Crippen LogP contribution in [0.2, 0.25) is 10.0 Å². The van der Waals surface area contributed by atoms with Crippen LogP contribution in [-0.4, -0.2) is 81.5 Å². The lowest BCUT2D eigenvalue weighted by molar-refractivity contribution is -0.144. The average Bonchev–Trinajstić information content (AvgIpc) is 3.43. The van der Waals surface area contributed by atoms with Crippen LogP contribution < -0.4 is 4.74 Å². The molecule has 0 N–H and O–H groups in total. The number of rotatable bonds is 11. The number of carbonyl (C=O) groups excluding carboxylic acids is 1. The van der Waals surface area contributed by atoms with Crippen molar-refractivity contribution in [3.8, 4) is 5.75 Å². The molecule has 13 heteroatoms. The third-order valence-corrected chi connectivity index (χ3v) is 9.22. The highest BCUT2D eigenvalue weighted by Crippen LogP contribution is 2.36. The van der Waals surface area contributed by atoms with Crippen molar-refractivity contribution in [3.05, 3.63) is 81.5 Å². The Bertz CT molecular complexity index is 1730. The number of piperazine rings is 1. The van der Waals surface area contributed by atoms with E-state index in [9.17, 15) is 4.79 Å². The summed E-state index contributed by atoms with van der Waals surface area (Å²) in [5, 5.41) is 6.38. The first-order valence-electron chi connectivity index (χ1n) is 16.3. The predicted octanol–water partition coefficient (Wildman–Crippen LogP) is 7.12. The summed E-state index contributed by atoms with van der Waals surface area (Å²) in [5.41, 5.74) is 3.12. The first-order valence-corrected chi connectivity index (χ1v) is 17.1. The summed E-state index contributed by atoms with van der Waals surface area (Å²) in [4.78, 5) is 24.8. The van der Waals surface area contributed by atoms with Gasteiger partial charge in [-0.15, -0.1) is 0 Å². The number of hydrogen-bond donors (Lipinski definition) is 0. The van der Waals surface area contributed by atoms with Crippen LogP contribution in [0.15, 0.2) is 48.9 Å². The Morgan fingerprint density at radius 1 is 1.08 bits per heavy atom. The molecule has 0 radical (unpaired) electrons. The average molecular weight is 698 g/mol. The van der Waals surface area contributed by atoms with Gasteiger partial charge >= 0.3 is 5.97 Å². The number of carbonyl (C=O) groups is 1. The van der Waals surface area contributed by atoms with E-state index >= 15 is 4.39 Å². The molecule has 5 heterocycles. The topological polar surface area (TPSA) is 94.8 Å². The van der Waals surface area contributed by atoms with Crippen LogP contribution in [0.3, 0.4) is 0 Å². The van der Waals surface area contributed by atoms with E-state index < -0.39 is 11.9 Å². The smallest absolute Gasteiger partial charge is 0.320 e. The fourth-order valence-corrected chi connectivity index (χ4v) is 6.79. The Labute approximate surface area is 289 Å². The molecular formula is C35H39Cl2FN6O4. The van der Waals surface area contributed by atoms with Crippen molar-refractivity contribution in [2.24, 2.45) is 0 Å². The van der Waals surface area contributed by atoms with Crippen molar-refractivity contribution in [1.29, 1.82) is 0 Å². The van der Waals surface area contributed by atoms with Crippen LogP contribution in [0.25, 0.3) is 22.8 Å². The van der Waals surface area contributed by atoms with Gasteiger partial charge in [-0.05, 0) is 63.4 Å². The number of fused-ring (bicyclic) bond motifs is 1. The fraction of sp³-hybridized carbons (Fsp3) is 0.429. The Morgan fingerprint density at radius 3 is 2.54 bits per heavy atom. The summed E-state index contributed by atoms with van der Waals surface area (Å²) in [6.45, 7) is 8.84. The van der Waals surface area contributed by atoms with E-state index in [0.717, 1.165) is 62.0 Å². The van der Waals surface area contributed by atoms with Crippen LogP contribution in [0.4, 0.5) is 4.39 Å². The highest BCUT2D eigenvalue weighted by molar-refractivity contribution is 6.35. The zero-order chi connectivity index (χ0) is 33.6. The summed E-state index contributed by atoms with van der Waals surface area (Å²) in [6, 6.07) is 9.22. The van der Waals surface area contributed by atoms with Gasteiger partial charge in [0.2, 0.25) is 0 Å². The maximum Gasteiger partial charge on any atom is 0.320 e. The van der Waals surface area contributed by atoms with Gasteiger partial charge in [-0.3, -0.25) is 24.6 Å². The van der Waals surface area contributed by atoms with E-state index in [4.69, 9.17) is 42.5 Å².